The normalized spacial score (nSPS) is 29.0. The van der Waals surface area contributed by atoms with Crippen molar-refractivity contribution in [2.24, 2.45) is 5.92 Å². The molecule has 0 aromatic carbocycles. The summed E-state index contributed by atoms with van der Waals surface area (Å²) in [5, 5.41) is 6.68. The Morgan fingerprint density at radius 1 is 1.62 bits per heavy atom. The summed E-state index contributed by atoms with van der Waals surface area (Å²) in [6.45, 7) is 3.70. The lowest BCUT2D eigenvalue weighted by Gasteiger charge is -2.25. The fourth-order valence-corrected chi connectivity index (χ4v) is 1.78. The second-order valence-corrected chi connectivity index (χ2v) is 3.77. The standard InChI is InChI=1S/C8H12N2O2S/c1-5-4-11-3-2-6(5)7-9-10-8(13)12-7/h5-6H,2-4H2,1H3,(H,10,13). The third kappa shape index (κ3) is 1.81. The molecule has 2 atom stereocenters. The van der Waals surface area contributed by atoms with Crippen LogP contribution in [0.3, 0.4) is 0 Å². The van der Waals surface area contributed by atoms with Crippen LogP contribution in [0.5, 0.6) is 0 Å². The van der Waals surface area contributed by atoms with E-state index < -0.39 is 0 Å². The number of nitrogens with one attached hydrogen (secondary N) is 1. The molecule has 0 amide bonds. The summed E-state index contributed by atoms with van der Waals surface area (Å²) in [5.74, 6) is 1.53. The molecule has 0 aliphatic carbocycles. The minimum Gasteiger partial charge on any atom is -0.414 e. The molecule has 1 N–H and O–H groups in total. The average Bonchev–Trinajstić information content (AvgIpc) is 2.53. The number of nitrogens with zero attached hydrogens (tertiary/aromatic N) is 1. The van der Waals surface area contributed by atoms with Gasteiger partial charge in [0.25, 0.3) is 4.84 Å². The Morgan fingerprint density at radius 2 is 2.46 bits per heavy atom. The Morgan fingerprint density at radius 3 is 3.08 bits per heavy atom. The van der Waals surface area contributed by atoms with Gasteiger partial charge < -0.3 is 9.15 Å². The van der Waals surface area contributed by atoms with Crippen molar-refractivity contribution in [3.05, 3.63) is 10.7 Å². The van der Waals surface area contributed by atoms with Crippen molar-refractivity contribution in [3.8, 4) is 0 Å². The van der Waals surface area contributed by atoms with Crippen molar-refractivity contribution < 1.29 is 9.15 Å². The highest BCUT2D eigenvalue weighted by Gasteiger charge is 2.27. The average molecular weight is 200 g/mol. The molecule has 1 fully saturated rings. The van der Waals surface area contributed by atoms with Crippen LogP contribution >= 0.6 is 12.2 Å². The van der Waals surface area contributed by atoms with Crippen LogP contribution in [0.15, 0.2) is 4.42 Å². The van der Waals surface area contributed by atoms with Crippen LogP contribution in [0.25, 0.3) is 0 Å². The third-order valence-corrected chi connectivity index (χ3v) is 2.59. The van der Waals surface area contributed by atoms with E-state index in [2.05, 4.69) is 17.1 Å². The van der Waals surface area contributed by atoms with E-state index in [1.54, 1.807) is 0 Å². The maximum Gasteiger partial charge on any atom is 0.284 e. The van der Waals surface area contributed by atoms with Crippen LogP contribution < -0.4 is 0 Å². The molecule has 1 aromatic heterocycles. The van der Waals surface area contributed by atoms with Gasteiger partial charge in [0, 0.05) is 19.1 Å². The van der Waals surface area contributed by atoms with Gasteiger partial charge in [0.1, 0.15) is 0 Å². The molecule has 2 rings (SSSR count). The van der Waals surface area contributed by atoms with Gasteiger partial charge in [-0.25, -0.2) is 5.10 Å². The quantitative estimate of drug-likeness (QED) is 0.703. The molecule has 0 spiro atoms. The zero-order valence-corrected chi connectivity index (χ0v) is 8.26. The van der Waals surface area contributed by atoms with E-state index in [-0.39, 0.29) is 0 Å². The van der Waals surface area contributed by atoms with Crippen LogP contribution in [0, 0.1) is 10.8 Å². The molecule has 5 heteroatoms. The van der Waals surface area contributed by atoms with Gasteiger partial charge in [0.2, 0.25) is 5.89 Å². The monoisotopic (exact) mass is 200 g/mol. The van der Waals surface area contributed by atoms with Gasteiger partial charge in [0.15, 0.2) is 0 Å². The first-order chi connectivity index (χ1) is 6.27. The predicted molar refractivity (Wildman–Crippen MR) is 49.0 cm³/mol. The Kier molecular flexibility index (Phi) is 2.46. The molecule has 2 heterocycles. The molecule has 0 bridgehead atoms. The Hall–Kier alpha value is -0.680. The molecule has 1 aliphatic rings. The van der Waals surface area contributed by atoms with E-state index in [1.807, 2.05) is 0 Å². The lowest BCUT2D eigenvalue weighted by atomic mass is 9.90. The highest BCUT2D eigenvalue weighted by atomic mass is 32.1. The largest absolute Gasteiger partial charge is 0.414 e. The molecule has 0 radical (unpaired) electrons. The Labute approximate surface area is 81.3 Å². The summed E-state index contributed by atoms with van der Waals surface area (Å²) in [6, 6.07) is 0. The van der Waals surface area contributed by atoms with Gasteiger partial charge in [-0.3, -0.25) is 0 Å². The predicted octanol–water partition coefficient (Wildman–Crippen LogP) is 1.87. The minimum atomic E-state index is 0.349. The van der Waals surface area contributed by atoms with Gasteiger partial charge in [-0.05, 0) is 24.6 Å². The molecule has 72 valence electrons. The number of hydrogen-bond donors (Lipinski definition) is 1. The minimum absolute atomic E-state index is 0.349. The zero-order valence-electron chi connectivity index (χ0n) is 7.45. The first-order valence-electron chi connectivity index (χ1n) is 4.40. The van der Waals surface area contributed by atoms with Gasteiger partial charge in [-0.2, -0.15) is 0 Å². The second kappa shape index (κ2) is 3.59. The van der Waals surface area contributed by atoms with Crippen molar-refractivity contribution in [3.63, 3.8) is 0 Å². The number of aromatic amines is 1. The molecule has 1 saturated heterocycles. The van der Waals surface area contributed by atoms with Gasteiger partial charge in [-0.1, -0.05) is 6.92 Å². The Bertz CT molecular complexity index is 333. The topological polar surface area (TPSA) is 51.0 Å². The Balaban J connectivity index is 2.19. The lowest BCUT2D eigenvalue weighted by molar-refractivity contribution is 0.0406. The van der Waals surface area contributed by atoms with Crippen molar-refractivity contribution in [2.75, 3.05) is 13.2 Å². The summed E-state index contributed by atoms with van der Waals surface area (Å²) in [7, 11) is 0. The van der Waals surface area contributed by atoms with Gasteiger partial charge in [-0.15, -0.1) is 5.10 Å². The fraction of sp³-hybridized carbons (Fsp3) is 0.750. The third-order valence-electron chi connectivity index (χ3n) is 2.41. The van der Waals surface area contributed by atoms with E-state index in [0.29, 0.717) is 16.7 Å². The smallest absolute Gasteiger partial charge is 0.284 e. The van der Waals surface area contributed by atoms with Crippen LogP contribution in [0.1, 0.15) is 25.2 Å². The van der Waals surface area contributed by atoms with E-state index in [9.17, 15) is 0 Å². The number of rotatable bonds is 1. The molecule has 1 aromatic rings. The summed E-state index contributed by atoms with van der Waals surface area (Å²) in [5.41, 5.74) is 0. The van der Waals surface area contributed by atoms with Gasteiger partial charge >= 0.3 is 0 Å². The van der Waals surface area contributed by atoms with Crippen molar-refractivity contribution in [2.45, 2.75) is 19.3 Å². The van der Waals surface area contributed by atoms with E-state index >= 15 is 0 Å². The number of ether oxygens (including phenoxy) is 1. The van der Waals surface area contributed by atoms with Crippen LogP contribution in [0.2, 0.25) is 0 Å². The molecule has 2 unspecified atom stereocenters. The molecule has 1 aliphatic heterocycles. The highest BCUT2D eigenvalue weighted by Crippen LogP contribution is 2.30. The highest BCUT2D eigenvalue weighted by molar-refractivity contribution is 7.71. The van der Waals surface area contributed by atoms with Crippen LogP contribution in [0.4, 0.5) is 0 Å². The maximum absolute atomic E-state index is 5.33. The lowest BCUT2D eigenvalue weighted by Crippen LogP contribution is -2.23. The number of H-pyrrole nitrogens is 1. The summed E-state index contributed by atoms with van der Waals surface area (Å²) < 4.78 is 10.6. The molecular formula is C8H12N2O2S. The van der Waals surface area contributed by atoms with Crippen LogP contribution in [-0.4, -0.2) is 23.4 Å². The van der Waals surface area contributed by atoms with Gasteiger partial charge in [0.05, 0.1) is 0 Å². The summed E-state index contributed by atoms with van der Waals surface area (Å²) in [4.78, 5) is 0.355. The number of hydrogen-bond acceptors (Lipinski definition) is 4. The molecule has 13 heavy (non-hydrogen) atoms. The maximum atomic E-state index is 5.33. The number of aromatic nitrogens is 2. The fourth-order valence-electron chi connectivity index (χ4n) is 1.65. The van der Waals surface area contributed by atoms with E-state index in [1.165, 1.54) is 0 Å². The van der Waals surface area contributed by atoms with Crippen molar-refractivity contribution >= 4 is 12.2 Å². The first kappa shape index (κ1) is 8.90. The van der Waals surface area contributed by atoms with Crippen molar-refractivity contribution in [1.29, 1.82) is 0 Å². The van der Waals surface area contributed by atoms with E-state index in [4.69, 9.17) is 21.4 Å². The molecule has 4 nitrogen and oxygen atoms in total. The second-order valence-electron chi connectivity index (χ2n) is 3.40. The summed E-state index contributed by atoms with van der Waals surface area (Å²) >= 11 is 4.82. The van der Waals surface area contributed by atoms with Crippen molar-refractivity contribution in [1.82, 2.24) is 10.2 Å². The SMILES string of the molecule is CC1COCCC1c1n[nH]c(=S)o1. The first-order valence-corrected chi connectivity index (χ1v) is 4.81. The van der Waals surface area contributed by atoms with E-state index in [0.717, 1.165) is 25.5 Å². The summed E-state index contributed by atoms with van der Waals surface area (Å²) in [6.07, 6.45) is 0.963. The zero-order chi connectivity index (χ0) is 9.26. The molecule has 0 saturated carbocycles. The van der Waals surface area contributed by atoms with Crippen LogP contribution in [-0.2, 0) is 4.74 Å². The molecular weight excluding hydrogens is 188 g/mol.